The maximum atomic E-state index is 13.3. The Labute approximate surface area is 200 Å². The van der Waals surface area contributed by atoms with Gasteiger partial charge in [-0.25, -0.2) is 4.98 Å². The van der Waals surface area contributed by atoms with E-state index in [1.54, 1.807) is 28.8 Å². The minimum atomic E-state index is -0.252. The van der Waals surface area contributed by atoms with Crippen molar-refractivity contribution in [3.05, 3.63) is 87.2 Å². The Bertz CT molecular complexity index is 1400. The number of ether oxygens (including phenoxy) is 1. The maximum absolute atomic E-state index is 13.3. The van der Waals surface area contributed by atoms with Crippen LogP contribution in [-0.4, -0.2) is 28.3 Å². The Kier molecular flexibility index (Phi) is 6.72. The van der Waals surface area contributed by atoms with E-state index in [1.807, 2.05) is 50.2 Å². The molecule has 1 aromatic heterocycles. The number of hydrogen-bond donors (Lipinski definition) is 1. The number of anilines is 1. The Morgan fingerprint density at radius 3 is 2.58 bits per heavy atom. The summed E-state index contributed by atoms with van der Waals surface area (Å²) in [5, 5.41) is 4.38. The van der Waals surface area contributed by atoms with Gasteiger partial charge in [-0.2, -0.15) is 0 Å². The first-order chi connectivity index (χ1) is 15.9. The zero-order valence-electron chi connectivity index (χ0n) is 18.4. The fourth-order valence-corrected chi connectivity index (χ4v) is 4.34. The summed E-state index contributed by atoms with van der Waals surface area (Å²) in [5.41, 5.74) is 3.55. The lowest BCUT2D eigenvalue weighted by molar-refractivity contribution is -0.113. The van der Waals surface area contributed by atoms with E-state index in [-0.39, 0.29) is 17.2 Å². The summed E-state index contributed by atoms with van der Waals surface area (Å²) in [6.45, 7) is 3.84. The zero-order chi connectivity index (χ0) is 23.5. The number of thioether (sulfide) groups is 1. The van der Waals surface area contributed by atoms with E-state index in [0.717, 1.165) is 11.1 Å². The van der Waals surface area contributed by atoms with Crippen LogP contribution < -0.4 is 15.6 Å². The van der Waals surface area contributed by atoms with Crippen LogP contribution in [0.3, 0.4) is 0 Å². The van der Waals surface area contributed by atoms with Crippen molar-refractivity contribution in [2.45, 2.75) is 19.0 Å². The summed E-state index contributed by atoms with van der Waals surface area (Å²) in [4.78, 5) is 30.7. The minimum Gasteiger partial charge on any atom is -0.495 e. The molecule has 6 nitrogen and oxygen atoms in total. The molecule has 0 aliphatic heterocycles. The maximum Gasteiger partial charge on any atom is 0.266 e. The predicted octanol–water partition coefficient (Wildman–Crippen LogP) is 5.40. The summed E-state index contributed by atoms with van der Waals surface area (Å²) >= 11 is 7.35. The zero-order valence-corrected chi connectivity index (χ0v) is 20.0. The molecule has 0 saturated carbocycles. The Hall–Kier alpha value is -3.29. The number of methoxy groups -OCH3 is 1. The van der Waals surface area contributed by atoms with Crippen molar-refractivity contribution in [3.63, 3.8) is 0 Å². The number of halogens is 1. The third kappa shape index (κ3) is 4.89. The van der Waals surface area contributed by atoms with E-state index < -0.39 is 0 Å². The molecule has 0 atom stereocenters. The van der Waals surface area contributed by atoms with Crippen LogP contribution in [0.5, 0.6) is 5.75 Å². The predicted molar refractivity (Wildman–Crippen MR) is 134 cm³/mol. The van der Waals surface area contributed by atoms with Crippen molar-refractivity contribution in [2.75, 3.05) is 18.2 Å². The number of fused-ring (bicyclic) bond motifs is 1. The van der Waals surface area contributed by atoms with Crippen molar-refractivity contribution in [3.8, 4) is 11.4 Å². The highest BCUT2D eigenvalue weighted by atomic mass is 35.5. The molecule has 33 heavy (non-hydrogen) atoms. The molecule has 168 valence electrons. The standard InChI is InChI=1S/C25H22ClN3O3S/c1-15-8-10-17(11-9-15)29-24(31)18-6-4-5-7-20(18)28-25(29)33-14-23(30)27-21-12-16(2)19(26)13-22(21)32-3/h4-13H,14H2,1-3H3,(H,27,30). The first kappa shape index (κ1) is 22.9. The Balaban J connectivity index is 1.65. The van der Waals surface area contributed by atoms with Crippen LogP contribution in [0.25, 0.3) is 16.6 Å². The number of para-hydroxylation sites is 1. The molecule has 0 saturated heterocycles. The van der Waals surface area contributed by atoms with Gasteiger partial charge in [0.1, 0.15) is 5.75 Å². The van der Waals surface area contributed by atoms with E-state index in [0.29, 0.717) is 38.2 Å². The van der Waals surface area contributed by atoms with Gasteiger partial charge in [0, 0.05) is 11.1 Å². The highest BCUT2D eigenvalue weighted by Gasteiger charge is 2.16. The number of carbonyl (C=O) groups excluding carboxylic acids is 1. The van der Waals surface area contributed by atoms with Gasteiger partial charge in [0.05, 0.1) is 35.1 Å². The summed E-state index contributed by atoms with van der Waals surface area (Å²) in [6, 6.07) is 18.2. The SMILES string of the molecule is COc1cc(Cl)c(C)cc1NC(=O)CSc1nc2ccccc2c(=O)n1-c1ccc(C)cc1. The fraction of sp³-hybridized carbons (Fsp3) is 0.160. The smallest absolute Gasteiger partial charge is 0.266 e. The quantitative estimate of drug-likeness (QED) is 0.296. The van der Waals surface area contributed by atoms with Gasteiger partial charge in [0.2, 0.25) is 5.91 Å². The molecule has 1 amide bonds. The van der Waals surface area contributed by atoms with E-state index in [4.69, 9.17) is 16.3 Å². The van der Waals surface area contributed by atoms with Gasteiger partial charge >= 0.3 is 0 Å². The molecule has 0 unspecified atom stereocenters. The van der Waals surface area contributed by atoms with Gasteiger partial charge in [0.25, 0.3) is 5.56 Å². The highest BCUT2D eigenvalue weighted by Crippen LogP contribution is 2.31. The van der Waals surface area contributed by atoms with E-state index in [9.17, 15) is 9.59 Å². The van der Waals surface area contributed by atoms with Gasteiger partial charge in [-0.3, -0.25) is 14.2 Å². The number of hydrogen-bond acceptors (Lipinski definition) is 5. The first-order valence-corrected chi connectivity index (χ1v) is 11.6. The molecule has 0 fully saturated rings. The van der Waals surface area contributed by atoms with Crippen LogP contribution in [0.2, 0.25) is 5.02 Å². The number of nitrogens with one attached hydrogen (secondary N) is 1. The van der Waals surface area contributed by atoms with Crippen molar-refractivity contribution in [2.24, 2.45) is 0 Å². The lowest BCUT2D eigenvalue weighted by Crippen LogP contribution is -2.23. The van der Waals surface area contributed by atoms with Crippen molar-refractivity contribution in [1.29, 1.82) is 0 Å². The molecule has 0 aliphatic rings. The second-order valence-electron chi connectivity index (χ2n) is 7.53. The molecular formula is C25H22ClN3O3S. The number of rotatable bonds is 6. The van der Waals surface area contributed by atoms with Gasteiger partial charge < -0.3 is 10.1 Å². The fourth-order valence-electron chi connectivity index (χ4n) is 3.38. The molecule has 0 aliphatic carbocycles. The minimum absolute atomic E-state index is 0.0570. The van der Waals surface area contributed by atoms with Crippen LogP contribution in [0, 0.1) is 13.8 Å². The number of nitrogens with zero attached hydrogens (tertiary/aromatic N) is 2. The van der Waals surface area contributed by atoms with Crippen LogP contribution in [-0.2, 0) is 4.79 Å². The lowest BCUT2D eigenvalue weighted by atomic mass is 10.2. The molecule has 8 heteroatoms. The van der Waals surface area contributed by atoms with E-state index in [2.05, 4.69) is 10.3 Å². The van der Waals surface area contributed by atoms with Crippen LogP contribution in [0.15, 0.2) is 70.6 Å². The number of carbonyl (C=O) groups is 1. The second kappa shape index (κ2) is 9.68. The monoisotopic (exact) mass is 479 g/mol. The largest absolute Gasteiger partial charge is 0.495 e. The summed E-state index contributed by atoms with van der Waals surface area (Å²) in [6.07, 6.45) is 0. The summed E-state index contributed by atoms with van der Waals surface area (Å²) in [7, 11) is 1.52. The van der Waals surface area contributed by atoms with Crippen LogP contribution in [0.4, 0.5) is 5.69 Å². The molecule has 3 aromatic carbocycles. The highest BCUT2D eigenvalue weighted by molar-refractivity contribution is 7.99. The number of aryl methyl sites for hydroxylation is 2. The molecule has 1 heterocycles. The lowest BCUT2D eigenvalue weighted by Gasteiger charge is -2.14. The van der Waals surface area contributed by atoms with Crippen molar-refractivity contribution < 1.29 is 9.53 Å². The normalized spacial score (nSPS) is 10.9. The molecule has 0 bridgehead atoms. The van der Waals surface area contributed by atoms with Crippen molar-refractivity contribution >= 4 is 45.9 Å². The summed E-state index contributed by atoms with van der Waals surface area (Å²) < 4.78 is 6.88. The molecule has 0 spiro atoms. The van der Waals surface area contributed by atoms with Crippen LogP contribution >= 0.6 is 23.4 Å². The Morgan fingerprint density at radius 1 is 1.12 bits per heavy atom. The molecule has 1 N–H and O–H groups in total. The molecule has 4 aromatic rings. The third-order valence-electron chi connectivity index (χ3n) is 5.12. The molecular weight excluding hydrogens is 458 g/mol. The van der Waals surface area contributed by atoms with Crippen LogP contribution in [0.1, 0.15) is 11.1 Å². The average molecular weight is 480 g/mol. The van der Waals surface area contributed by atoms with Gasteiger partial charge in [-0.15, -0.1) is 0 Å². The number of amides is 1. The average Bonchev–Trinajstić information content (AvgIpc) is 2.81. The third-order valence-corrected chi connectivity index (χ3v) is 6.47. The Morgan fingerprint density at radius 2 is 1.85 bits per heavy atom. The van der Waals surface area contributed by atoms with Crippen molar-refractivity contribution in [1.82, 2.24) is 9.55 Å². The summed E-state index contributed by atoms with van der Waals surface area (Å²) in [5.74, 6) is 0.281. The van der Waals surface area contributed by atoms with Gasteiger partial charge in [0.15, 0.2) is 5.16 Å². The van der Waals surface area contributed by atoms with E-state index >= 15 is 0 Å². The second-order valence-corrected chi connectivity index (χ2v) is 8.88. The number of benzene rings is 3. The first-order valence-electron chi connectivity index (χ1n) is 10.2. The van der Waals surface area contributed by atoms with Gasteiger partial charge in [-0.05, 0) is 49.7 Å². The van der Waals surface area contributed by atoms with E-state index in [1.165, 1.54) is 18.9 Å². The van der Waals surface area contributed by atoms with Gasteiger partial charge in [-0.1, -0.05) is 53.2 Å². The molecule has 0 radical (unpaired) electrons. The number of aromatic nitrogens is 2. The topological polar surface area (TPSA) is 73.2 Å². The molecule has 4 rings (SSSR count).